The average Bonchev–Trinajstić information content (AvgIpc) is 2.70. The first-order chi connectivity index (χ1) is 13.5. The zero-order valence-electron chi connectivity index (χ0n) is 15.5. The minimum absolute atomic E-state index is 0.0366. The maximum absolute atomic E-state index is 14.1. The van der Waals surface area contributed by atoms with Crippen LogP contribution in [0.2, 0.25) is 0 Å². The van der Waals surface area contributed by atoms with Gasteiger partial charge in [-0.2, -0.15) is 5.10 Å². The van der Waals surface area contributed by atoms with Gasteiger partial charge in [0.2, 0.25) is 11.8 Å². The lowest BCUT2D eigenvalue weighted by Crippen LogP contribution is -2.25. The highest BCUT2D eigenvalue weighted by atomic mass is 79.9. The van der Waals surface area contributed by atoms with Crippen molar-refractivity contribution in [3.05, 3.63) is 70.8 Å². The molecule has 1 aliphatic rings. The number of ether oxygens (including phenoxy) is 1. The number of anilines is 1. The summed E-state index contributed by atoms with van der Waals surface area (Å²) >= 11 is 4.66. The molecule has 0 saturated carbocycles. The summed E-state index contributed by atoms with van der Waals surface area (Å²) in [4.78, 5) is 12.7. The van der Waals surface area contributed by atoms with E-state index in [4.69, 9.17) is 4.74 Å². The standard InChI is InChI=1S/C20H20BrN2O3PS/c1-3-26-20(24)19-22-23(17-12-10-16(21)11-13-17)14-18(27(19,25)28-4-2)15-8-6-5-7-9-15/h5-14H,3-4H2,1-2H3. The quantitative estimate of drug-likeness (QED) is 0.366. The van der Waals surface area contributed by atoms with Gasteiger partial charge in [0.05, 0.1) is 17.6 Å². The van der Waals surface area contributed by atoms with E-state index in [9.17, 15) is 9.36 Å². The van der Waals surface area contributed by atoms with Gasteiger partial charge in [0.15, 0.2) is 0 Å². The van der Waals surface area contributed by atoms with Crippen molar-refractivity contribution in [2.24, 2.45) is 5.10 Å². The molecular weight excluding hydrogens is 459 g/mol. The van der Waals surface area contributed by atoms with Gasteiger partial charge in [-0.3, -0.25) is 4.57 Å². The predicted octanol–water partition coefficient (Wildman–Crippen LogP) is 6.18. The van der Waals surface area contributed by atoms with E-state index in [0.29, 0.717) is 11.1 Å². The van der Waals surface area contributed by atoms with Crippen LogP contribution in [0.1, 0.15) is 19.4 Å². The normalized spacial score (nSPS) is 19.0. The first-order valence-corrected chi connectivity index (χ1v) is 12.9. The molecule has 0 spiro atoms. The number of hydrogen-bond acceptors (Lipinski definition) is 6. The fourth-order valence-electron chi connectivity index (χ4n) is 2.74. The van der Waals surface area contributed by atoms with Crippen LogP contribution in [-0.2, 0) is 14.1 Å². The number of rotatable bonds is 6. The molecule has 1 aliphatic heterocycles. The smallest absolute Gasteiger partial charge is 0.363 e. The highest BCUT2D eigenvalue weighted by Gasteiger charge is 2.43. The molecule has 5 nitrogen and oxygen atoms in total. The number of nitrogens with zero attached hydrogens (tertiary/aromatic N) is 2. The molecule has 146 valence electrons. The Labute approximate surface area is 177 Å². The molecule has 28 heavy (non-hydrogen) atoms. The first-order valence-electron chi connectivity index (χ1n) is 8.83. The van der Waals surface area contributed by atoms with Crippen LogP contribution < -0.4 is 5.01 Å². The van der Waals surface area contributed by atoms with E-state index < -0.39 is 12.3 Å². The molecule has 2 aromatic carbocycles. The Kier molecular flexibility index (Phi) is 6.81. The Morgan fingerprint density at radius 2 is 1.82 bits per heavy atom. The summed E-state index contributed by atoms with van der Waals surface area (Å²) in [6, 6.07) is 17.0. The van der Waals surface area contributed by atoms with Crippen molar-refractivity contribution >= 4 is 56.1 Å². The third kappa shape index (κ3) is 4.27. The molecule has 0 radical (unpaired) electrons. The van der Waals surface area contributed by atoms with E-state index in [-0.39, 0.29) is 12.1 Å². The molecule has 0 amide bonds. The van der Waals surface area contributed by atoms with E-state index in [2.05, 4.69) is 21.0 Å². The lowest BCUT2D eigenvalue weighted by molar-refractivity contribution is -0.134. The van der Waals surface area contributed by atoms with E-state index in [1.807, 2.05) is 61.5 Å². The number of hydrogen-bond donors (Lipinski definition) is 0. The second-order valence-electron chi connectivity index (χ2n) is 5.81. The Morgan fingerprint density at radius 3 is 2.43 bits per heavy atom. The van der Waals surface area contributed by atoms with Crippen molar-refractivity contribution in [3.63, 3.8) is 0 Å². The summed E-state index contributed by atoms with van der Waals surface area (Å²) in [6.45, 7) is 3.83. The Balaban J connectivity index is 2.19. The average molecular weight is 479 g/mol. The maximum Gasteiger partial charge on any atom is 0.363 e. The number of carbonyl (C=O) groups excluding carboxylic acids is 1. The predicted molar refractivity (Wildman–Crippen MR) is 121 cm³/mol. The lowest BCUT2D eigenvalue weighted by Gasteiger charge is -2.29. The van der Waals surface area contributed by atoms with Gasteiger partial charge in [0, 0.05) is 10.7 Å². The number of esters is 1. The zero-order chi connectivity index (χ0) is 20.1. The molecule has 0 aromatic heterocycles. The number of halogens is 1. The molecule has 0 saturated heterocycles. The van der Waals surface area contributed by atoms with Gasteiger partial charge in [-0.25, -0.2) is 9.80 Å². The van der Waals surface area contributed by atoms with Crippen molar-refractivity contribution in [1.29, 1.82) is 0 Å². The van der Waals surface area contributed by atoms with Crippen molar-refractivity contribution in [3.8, 4) is 0 Å². The Bertz CT molecular complexity index is 961. The second kappa shape index (κ2) is 9.12. The van der Waals surface area contributed by atoms with Gasteiger partial charge in [0.25, 0.3) is 0 Å². The van der Waals surface area contributed by atoms with Crippen LogP contribution in [0.3, 0.4) is 0 Å². The van der Waals surface area contributed by atoms with Crippen LogP contribution in [0.25, 0.3) is 5.31 Å². The molecular formula is C20H20BrN2O3PS. The fraction of sp³-hybridized carbons (Fsp3) is 0.200. The van der Waals surface area contributed by atoms with Crippen LogP contribution in [0.15, 0.2) is 70.4 Å². The lowest BCUT2D eigenvalue weighted by atomic mass is 10.2. The second-order valence-corrected chi connectivity index (χ2v) is 11.9. The molecule has 8 heteroatoms. The molecule has 1 atom stereocenters. The first kappa shape index (κ1) is 20.9. The molecule has 1 heterocycles. The summed E-state index contributed by atoms with van der Waals surface area (Å²) in [5.74, 6) is -0.0616. The van der Waals surface area contributed by atoms with Crippen molar-refractivity contribution < 1.29 is 14.1 Å². The topological polar surface area (TPSA) is 59.0 Å². The van der Waals surface area contributed by atoms with E-state index in [0.717, 1.165) is 15.7 Å². The van der Waals surface area contributed by atoms with Crippen molar-refractivity contribution in [1.82, 2.24) is 0 Å². The van der Waals surface area contributed by atoms with Gasteiger partial charge in [0.1, 0.15) is 0 Å². The molecule has 2 aromatic rings. The molecule has 3 rings (SSSR count). The summed E-state index contributed by atoms with van der Waals surface area (Å²) in [5, 5.41) is 6.62. The SMILES string of the molecule is CCOC(=O)C1=NN(c2ccc(Br)cc2)C=C(c2ccccc2)P1(=O)SCC. The van der Waals surface area contributed by atoms with Crippen LogP contribution in [0.4, 0.5) is 5.69 Å². The summed E-state index contributed by atoms with van der Waals surface area (Å²) in [6.07, 6.45) is -1.55. The molecule has 0 bridgehead atoms. The van der Waals surface area contributed by atoms with E-state index in [1.165, 1.54) is 11.4 Å². The van der Waals surface area contributed by atoms with Gasteiger partial charge in [-0.1, -0.05) is 64.6 Å². The van der Waals surface area contributed by atoms with E-state index >= 15 is 0 Å². The molecule has 1 unspecified atom stereocenters. The maximum atomic E-state index is 14.1. The van der Waals surface area contributed by atoms with Crippen LogP contribution >= 0.6 is 33.7 Å². The highest BCUT2D eigenvalue weighted by Crippen LogP contribution is 2.70. The fourth-order valence-corrected chi connectivity index (χ4v) is 7.80. The summed E-state index contributed by atoms with van der Waals surface area (Å²) in [7, 11) is 0. The summed E-state index contributed by atoms with van der Waals surface area (Å²) < 4.78 is 20.2. The minimum Gasteiger partial charge on any atom is -0.461 e. The van der Waals surface area contributed by atoms with Crippen molar-refractivity contribution in [2.45, 2.75) is 13.8 Å². The number of benzene rings is 2. The van der Waals surface area contributed by atoms with Gasteiger partial charge < -0.3 is 4.74 Å². The van der Waals surface area contributed by atoms with Gasteiger partial charge in [-0.15, -0.1) is 0 Å². The number of carbonyl (C=O) groups is 1. The molecule has 0 N–H and O–H groups in total. The van der Waals surface area contributed by atoms with Crippen molar-refractivity contribution in [2.75, 3.05) is 17.4 Å². The zero-order valence-corrected chi connectivity index (χ0v) is 18.8. The van der Waals surface area contributed by atoms with Crippen LogP contribution in [-0.4, -0.2) is 23.8 Å². The minimum atomic E-state index is -3.31. The molecule has 0 fully saturated rings. The number of hydrazone groups is 1. The van der Waals surface area contributed by atoms with E-state index in [1.54, 1.807) is 18.1 Å². The Morgan fingerprint density at radius 1 is 1.14 bits per heavy atom. The van der Waals surface area contributed by atoms with Gasteiger partial charge >= 0.3 is 5.97 Å². The van der Waals surface area contributed by atoms with Crippen LogP contribution in [0, 0.1) is 0 Å². The third-order valence-electron chi connectivity index (χ3n) is 3.97. The summed E-state index contributed by atoms with van der Waals surface area (Å²) in [5.41, 5.74) is 1.52. The largest absolute Gasteiger partial charge is 0.461 e. The van der Waals surface area contributed by atoms with Gasteiger partial charge in [-0.05, 0) is 42.5 Å². The third-order valence-corrected chi connectivity index (χ3v) is 9.94. The highest BCUT2D eigenvalue weighted by molar-refractivity contribution is 9.10. The molecule has 0 aliphatic carbocycles. The van der Waals surface area contributed by atoms with Crippen LogP contribution in [0.5, 0.6) is 0 Å². The monoisotopic (exact) mass is 478 g/mol. The Hall–Kier alpha value is -1.82.